The zero-order valence-electron chi connectivity index (χ0n) is 9.87. The van der Waals surface area contributed by atoms with Gasteiger partial charge in [-0.25, -0.2) is 4.39 Å². The summed E-state index contributed by atoms with van der Waals surface area (Å²) in [6.45, 7) is 6.02. The van der Waals surface area contributed by atoms with Gasteiger partial charge in [-0.05, 0) is 23.6 Å². The molecule has 90 valence electrons. The van der Waals surface area contributed by atoms with Crippen LogP contribution in [0.1, 0.15) is 26.3 Å². The van der Waals surface area contributed by atoms with E-state index in [1.807, 2.05) is 20.8 Å². The molecule has 2 unspecified atom stereocenters. The minimum atomic E-state index is -0.968. The summed E-state index contributed by atoms with van der Waals surface area (Å²) in [5.41, 5.74) is 6.24. The largest absolute Gasteiger partial charge is 0.396 e. The number of anilines is 1. The Labute approximate surface area is 98.5 Å². The molecule has 0 spiro atoms. The van der Waals surface area contributed by atoms with Crippen LogP contribution in [-0.2, 0) is 16.6 Å². The highest BCUT2D eigenvalue weighted by Gasteiger charge is 2.15. The summed E-state index contributed by atoms with van der Waals surface area (Å²) in [7, 11) is -0.968. The van der Waals surface area contributed by atoms with Gasteiger partial charge in [0.05, 0.1) is 5.69 Å². The Hall–Kier alpha value is -0.900. The third-order valence-corrected chi connectivity index (χ3v) is 4.72. The molecule has 1 aromatic rings. The molecule has 1 rings (SSSR count). The maximum absolute atomic E-state index is 13.2. The van der Waals surface area contributed by atoms with Crippen LogP contribution in [0.2, 0.25) is 0 Å². The maximum atomic E-state index is 13.2. The summed E-state index contributed by atoms with van der Waals surface area (Å²) in [4.78, 5) is 0. The van der Waals surface area contributed by atoms with Gasteiger partial charge in [0.15, 0.2) is 0 Å². The minimum absolute atomic E-state index is 0.112. The lowest BCUT2D eigenvalue weighted by Gasteiger charge is -2.15. The molecule has 0 amide bonds. The fourth-order valence-corrected chi connectivity index (χ4v) is 2.64. The average Bonchev–Trinajstić information content (AvgIpc) is 2.22. The van der Waals surface area contributed by atoms with Gasteiger partial charge in [0.1, 0.15) is 5.82 Å². The van der Waals surface area contributed by atoms with E-state index in [4.69, 9.17) is 5.73 Å². The quantitative estimate of drug-likeness (QED) is 0.826. The van der Waals surface area contributed by atoms with Gasteiger partial charge in [-0.3, -0.25) is 4.21 Å². The first kappa shape index (κ1) is 13.2. The van der Waals surface area contributed by atoms with Crippen LogP contribution in [0.4, 0.5) is 10.1 Å². The van der Waals surface area contributed by atoms with Crippen molar-refractivity contribution in [3.05, 3.63) is 29.6 Å². The second kappa shape index (κ2) is 5.43. The monoisotopic (exact) mass is 243 g/mol. The van der Waals surface area contributed by atoms with Crippen LogP contribution in [0, 0.1) is 11.7 Å². The van der Waals surface area contributed by atoms with Gasteiger partial charge in [0, 0.05) is 21.8 Å². The fourth-order valence-electron chi connectivity index (χ4n) is 1.26. The lowest BCUT2D eigenvalue weighted by molar-refractivity contribution is 0.604. The van der Waals surface area contributed by atoms with Crippen LogP contribution in [0.15, 0.2) is 18.2 Å². The van der Waals surface area contributed by atoms with E-state index in [9.17, 15) is 8.60 Å². The average molecular weight is 243 g/mol. The molecule has 1 aromatic carbocycles. The van der Waals surface area contributed by atoms with E-state index < -0.39 is 16.6 Å². The van der Waals surface area contributed by atoms with Crippen LogP contribution in [0.3, 0.4) is 0 Å². The Morgan fingerprint density at radius 2 is 2.00 bits per heavy atom. The Morgan fingerprint density at radius 1 is 1.38 bits per heavy atom. The third kappa shape index (κ3) is 3.30. The lowest BCUT2D eigenvalue weighted by atomic mass is 10.2. The molecule has 2 N–H and O–H groups in total. The van der Waals surface area contributed by atoms with E-state index in [2.05, 4.69) is 0 Å². The van der Waals surface area contributed by atoms with Crippen molar-refractivity contribution in [2.75, 3.05) is 5.73 Å². The van der Waals surface area contributed by atoms with E-state index in [1.54, 1.807) is 6.07 Å². The minimum Gasteiger partial charge on any atom is -0.396 e. The molecule has 4 heteroatoms. The van der Waals surface area contributed by atoms with Crippen LogP contribution < -0.4 is 5.73 Å². The van der Waals surface area contributed by atoms with E-state index in [-0.39, 0.29) is 10.9 Å². The second-order valence-corrected chi connectivity index (χ2v) is 6.12. The van der Waals surface area contributed by atoms with Gasteiger partial charge >= 0.3 is 0 Å². The smallest absolute Gasteiger partial charge is 0.146 e. The zero-order chi connectivity index (χ0) is 12.3. The summed E-state index contributed by atoms with van der Waals surface area (Å²) >= 11 is 0. The Bertz CT molecular complexity index is 393. The molecule has 0 aliphatic heterocycles. The van der Waals surface area contributed by atoms with Crippen LogP contribution >= 0.6 is 0 Å². The fraction of sp³-hybridized carbons (Fsp3) is 0.500. The van der Waals surface area contributed by atoms with Gasteiger partial charge in [-0.2, -0.15) is 0 Å². The number of hydrogen-bond donors (Lipinski definition) is 1. The molecule has 0 heterocycles. The van der Waals surface area contributed by atoms with Crippen molar-refractivity contribution in [2.24, 2.45) is 5.92 Å². The summed E-state index contributed by atoms with van der Waals surface area (Å²) < 4.78 is 25.1. The molecule has 2 nitrogen and oxygen atoms in total. The topological polar surface area (TPSA) is 43.1 Å². The first-order chi connectivity index (χ1) is 7.41. The van der Waals surface area contributed by atoms with Crippen molar-refractivity contribution in [1.29, 1.82) is 0 Å². The van der Waals surface area contributed by atoms with Crippen molar-refractivity contribution in [1.82, 2.24) is 0 Å². The summed E-state index contributed by atoms with van der Waals surface area (Å²) in [5, 5.41) is 0.112. The van der Waals surface area contributed by atoms with E-state index >= 15 is 0 Å². The molecule has 0 saturated heterocycles. The number of hydrogen-bond acceptors (Lipinski definition) is 2. The molecular formula is C12H18FNOS. The molecule has 2 atom stereocenters. The second-order valence-electron chi connectivity index (χ2n) is 4.33. The van der Waals surface area contributed by atoms with Crippen molar-refractivity contribution in [2.45, 2.75) is 31.8 Å². The number of nitrogens with two attached hydrogens (primary N) is 1. The number of halogens is 1. The maximum Gasteiger partial charge on any atom is 0.146 e. The van der Waals surface area contributed by atoms with Crippen molar-refractivity contribution in [3.8, 4) is 0 Å². The molecule has 0 saturated carbocycles. The first-order valence-electron chi connectivity index (χ1n) is 5.33. The molecular weight excluding hydrogens is 225 g/mol. The predicted molar refractivity (Wildman–Crippen MR) is 67.0 cm³/mol. The first-order valence-corrected chi connectivity index (χ1v) is 6.71. The molecule has 0 fully saturated rings. The summed E-state index contributed by atoms with van der Waals surface area (Å²) in [6.07, 6.45) is 0. The molecule has 0 aromatic heterocycles. The highest BCUT2D eigenvalue weighted by molar-refractivity contribution is 7.84. The summed E-state index contributed by atoms with van der Waals surface area (Å²) in [6, 6.07) is 4.60. The molecule has 16 heavy (non-hydrogen) atoms. The number of rotatable bonds is 4. The van der Waals surface area contributed by atoms with Crippen molar-refractivity contribution >= 4 is 16.5 Å². The molecule has 0 bridgehead atoms. The predicted octanol–water partition coefficient (Wildman–Crippen LogP) is 2.70. The SMILES string of the molecule is CC(C)C(C)S(=O)Cc1ccc(N)c(F)c1. The van der Waals surface area contributed by atoms with Gasteiger partial charge in [-0.15, -0.1) is 0 Å². The number of nitrogen functional groups attached to an aromatic ring is 1. The van der Waals surface area contributed by atoms with Crippen molar-refractivity contribution < 1.29 is 8.60 Å². The van der Waals surface area contributed by atoms with Gasteiger partial charge in [-0.1, -0.05) is 26.8 Å². The van der Waals surface area contributed by atoms with Gasteiger partial charge in [0.2, 0.25) is 0 Å². The number of benzene rings is 1. The molecule has 0 aliphatic carbocycles. The van der Waals surface area contributed by atoms with E-state index in [1.165, 1.54) is 12.1 Å². The lowest BCUT2D eigenvalue weighted by Crippen LogP contribution is -2.19. The normalized spacial score (nSPS) is 15.1. The summed E-state index contributed by atoms with van der Waals surface area (Å²) in [5.74, 6) is 0.308. The Morgan fingerprint density at radius 3 is 2.50 bits per heavy atom. The highest BCUT2D eigenvalue weighted by atomic mass is 32.2. The molecule has 0 radical (unpaired) electrons. The molecule has 0 aliphatic rings. The van der Waals surface area contributed by atoms with Gasteiger partial charge in [0.25, 0.3) is 0 Å². The Kier molecular flexibility index (Phi) is 4.47. The zero-order valence-corrected chi connectivity index (χ0v) is 10.7. The van der Waals surface area contributed by atoms with Crippen LogP contribution in [0.25, 0.3) is 0 Å². The highest BCUT2D eigenvalue weighted by Crippen LogP contribution is 2.17. The van der Waals surface area contributed by atoms with Gasteiger partial charge < -0.3 is 5.73 Å². The van der Waals surface area contributed by atoms with E-state index in [0.717, 1.165) is 5.56 Å². The van der Waals surface area contributed by atoms with E-state index in [0.29, 0.717) is 11.7 Å². The standard InChI is InChI=1S/C12H18FNOS/c1-8(2)9(3)16(15)7-10-4-5-12(14)11(13)6-10/h4-6,8-9H,7,14H2,1-3H3. The van der Waals surface area contributed by atoms with Crippen LogP contribution in [0.5, 0.6) is 0 Å². The van der Waals surface area contributed by atoms with Crippen LogP contribution in [-0.4, -0.2) is 9.46 Å². The third-order valence-electron chi connectivity index (χ3n) is 2.73. The Balaban J connectivity index is 2.74. The van der Waals surface area contributed by atoms with Crippen molar-refractivity contribution in [3.63, 3.8) is 0 Å².